The Morgan fingerprint density at radius 3 is 2.25 bits per heavy atom. The highest BCUT2D eigenvalue weighted by atomic mass is 16.5. The number of hydrogen-bond donors (Lipinski definition) is 1. The highest BCUT2D eigenvalue weighted by Gasteiger charge is 2.10. The van der Waals surface area contributed by atoms with Crippen molar-refractivity contribution in [3.8, 4) is 0 Å². The zero-order valence-electron chi connectivity index (χ0n) is 12.0. The Labute approximate surface area is 102 Å². The fourth-order valence-electron chi connectivity index (χ4n) is 1.42. The third kappa shape index (κ3) is 10.4. The molecule has 1 N–H and O–H groups in total. The summed E-state index contributed by atoms with van der Waals surface area (Å²) >= 11 is 0. The Morgan fingerprint density at radius 2 is 1.81 bits per heavy atom. The van der Waals surface area contributed by atoms with E-state index in [9.17, 15) is 0 Å². The molecule has 0 aliphatic carbocycles. The van der Waals surface area contributed by atoms with Crippen molar-refractivity contribution in [3.05, 3.63) is 0 Å². The summed E-state index contributed by atoms with van der Waals surface area (Å²) in [6, 6.07) is 0.574. The molecule has 16 heavy (non-hydrogen) atoms. The van der Waals surface area contributed by atoms with Crippen LogP contribution < -0.4 is 5.32 Å². The smallest absolute Gasteiger partial charge is 0.0600 e. The van der Waals surface area contributed by atoms with Crippen molar-refractivity contribution in [3.63, 3.8) is 0 Å². The Balaban J connectivity index is 3.59. The largest absolute Gasteiger partial charge is 0.375 e. The first-order valence-electron chi connectivity index (χ1n) is 6.45. The van der Waals surface area contributed by atoms with Gasteiger partial charge in [0.1, 0.15) is 0 Å². The molecule has 3 nitrogen and oxygen atoms in total. The summed E-state index contributed by atoms with van der Waals surface area (Å²) in [5.41, 5.74) is -0.0183. The number of rotatable bonds is 8. The molecule has 0 radical (unpaired) electrons. The fourth-order valence-corrected chi connectivity index (χ4v) is 1.42. The molecule has 0 fully saturated rings. The van der Waals surface area contributed by atoms with Gasteiger partial charge in [0.25, 0.3) is 0 Å². The monoisotopic (exact) mass is 230 g/mol. The van der Waals surface area contributed by atoms with Gasteiger partial charge in [-0.1, -0.05) is 20.8 Å². The van der Waals surface area contributed by atoms with Crippen molar-refractivity contribution in [2.45, 2.75) is 53.2 Å². The lowest BCUT2D eigenvalue weighted by Gasteiger charge is -2.25. The first-order chi connectivity index (χ1) is 7.35. The van der Waals surface area contributed by atoms with E-state index in [1.54, 1.807) is 0 Å². The summed E-state index contributed by atoms with van der Waals surface area (Å²) in [5.74, 6) is 0. The Morgan fingerprint density at radius 1 is 1.19 bits per heavy atom. The molecule has 98 valence electrons. The Hall–Kier alpha value is -0.120. The molecular formula is C13H30N2O. The van der Waals surface area contributed by atoms with Crippen LogP contribution >= 0.6 is 0 Å². The molecule has 0 aliphatic heterocycles. The van der Waals surface area contributed by atoms with Gasteiger partial charge >= 0.3 is 0 Å². The van der Waals surface area contributed by atoms with Crippen molar-refractivity contribution < 1.29 is 4.74 Å². The average Bonchev–Trinajstić information content (AvgIpc) is 2.13. The molecule has 0 unspecified atom stereocenters. The third-order valence-corrected chi connectivity index (χ3v) is 2.37. The van der Waals surface area contributed by atoms with Gasteiger partial charge in [0.2, 0.25) is 0 Å². The normalized spacial score (nSPS) is 12.8. The first kappa shape index (κ1) is 15.9. The van der Waals surface area contributed by atoms with Crippen molar-refractivity contribution in [1.29, 1.82) is 0 Å². The minimum Gasteiger partial charge on any atom is -0.375 e. The van der Waals surface area contributed by atoms with Gasteiger partial charge < -0.3 is 15.0 Å². The van der Waals surface area contributed by atoms with E-state index in [1.807, 2.05) is 0 Å². The van der Waals surface area contributed by atoms with Crippen LogP contribution in [0.5, 0.6) is 0 Å². The second-order valence-electron chi connectivity index (χ2n) is 5.50. The molecule has 0 saturated heterocycles. The summed E-state index contributed by atoms with van der Waals surface area (Å²) in [6.07, 6.45) is 0. The lowest BCUT2D eigenvalue weighted by Crippen LogP contribution is -2.37. The standard InChI is InChI=1S/C13H30N2O/c1-7-15(9-8-14-12(2)3)10-11-16-13(4,5)6/h12,14H,7-11H2,1-6H3. The van der Waals surface area contributed by atoms with Crippen LogP contribution in [-0.2, 0) is 4.74 Å². The summed E-state index contributed by atoms with van der Waals surface area (Å²) in [7, 11) is 0. The van der Waals surface area contributed by atoms with Crippen LogP contribution in [-0.4, -0.2) is 49.3 Å². The van der Waals surface area contributed by atoms with Gasteiger partial charge in [0.15, 0.2) is 0 Å². The van der Waals surface area contributed by atoms with Crippen molar-refractivity contribution in [1.82, 2.24) is 10.2 Å². The van der Waals surface area contributed by atoms with Gasteiger partial charge in [-0.15, -0.1) is 0 Å². The van der Waals surface area contributed by atoms with Crippen molar-refractivity contribution >= 4 is 0 Å². The third-order valence-electron chi connectivity index (χ3n) is 2.37. The minimum atomic E-state index is -0.0183. The van der Waals surface area contributed by atoms with E-state index >= 15 is 0 Å². The van der Waals surface area contributed by atoms with Crippen LogP contribution in [0, 0.1) is 0 Å². The van der Waals surface area contributed by atoms with Gasteiger partial charge in [0, 0.05) is 25.7 Å². The molecule has 0 amide bonds. The van der Waals surface area contributed by atoms with Crippen LogP contribution in [0.15, 0.2) is 0 Å². The highest BCUT2D eigenvalue weighted by molar-refractivity contribution is 4.62. The predicted octanol–water partition coefficient (Wildman–Crippen LogP) is 2.12. The van der Waals surface area contributed by atoms with Gasteiger partial charge in [0.05, 0.1) is 12.2 Å². The van der Waals surface area contributed by atoms with Gasteiger partial charge in [-0.2, -0.15) is 0 Å². The molecule has 0 saturated carbocycles. The number of nitrogens with one attached hydrogen (secondary N) is 1. The maximum Gasteiger partial charge on any atom is 0.0600 e. The van der Waals surface area contributed by atoms with Gasteiger partial charge in [-0.05, 0) is 27.3 Å². The zero-order chi connectivity index (χ0) is 12.6. The summed E-state index contributed by atoms with van der Waals surface area (Å²) in [4.78, 5) is 2.42. The highest BCUT2D eigenvalue weighted by Crippen LogP contribution is 2.06. The lowest BCUT2D eigenvalue weighted by atomic mass is 10.2. The number of hydrogen-bond acceptors (Lipinski definition) is 3. The van der Waals surface area contributed by atoms with E-state index in [0.29, 0.717) is 6.04 Å². The number of likely N-dealkylation sites (N-methyl/N-ethyl adjacent to an activating group) is 1. The number of ether oxygens (including phenoxy) is 1. The maximum atomic E-state index is 5.73. The Bertz CT molecular complexity index is 164. The van der Waals surface area contributed by atoms with Crippen molar-refractivity contribution in [2.75, 3.05) is 32.8 Å². The molecule has 0 spiro atoms. The second-order valence-corrected chi connectivity index (χ2v) is 5.50. The van der Waals surface area contributed by atoms with Crippen LogP contribution in [0.2, 0.25) is 0 Å². The molecule has 0 aliphatic rings. The molecule has 0 heterocycles. The van der Waals surface area contributed by atoms with Gasteiger partial charge in [-0.3, -0.25) is 0 Å². The molecule has 0 atom stereocenters. The summed E-state index contributed by atoms with van der Waals surface area (Å²) in [5, 5.41) is 3.43. The van der Waals surface area contributed by atoms with Crippen LogP contribution in [0.25, 0.3) is 0 Å². The van der Waals surface area contributed by atoms with E-state index in [2.05, 4.69) is 51.8 Å². The first-order valence-corrected chi connectivity index (χ1v) is 6.45. The van der Waals surface area contributed by atoms with Crippen LogP contribution in [0.1, 0.15) is 41.5 Å². The summed E-state index contributed by atoms with van der Waals surface area (Å²) in [6.45, 7) is 17.9. The van der Waals surface area contributed by atoms with Gasteiger partial charge in [-0.25, -0.2) is 0 Å². The number of nitrogens with zero attached hydrogens (tertiary/aromatic N) is 1. The molecule has 0 rings (SSSR count). The molecule has 3 heteroatoms. The van der Waals surface area contributed by atoms with E-state index in [0.717, 1.165) is 32.8 Å². The van der Waals surface area contributed by atoms with E-state index in [4.69, 9.17) is 4.74 Å². The molecule has 0 bridgehead atoms. The molecule has 0 aromatic rings. The predicted molar refractivity (Wildman–Crippen MR) is 71.0 cm³/mol. The zero-order valence-corrected chi connectivity index (χ0v) is 12.0. The van der Waals surface area contributed by atoms with Crippen molar-refractivity contribution in [2.24, 2.45) is 0 Å². The molecule has 0 aromatic carbocycles. The quantitative estimate of drug-likeness (QED) is 0.691. The van der Waals surface area contributed by atoms with Crippen LogP contribution in [0.3, 0.4) is 0 Å². The van der Waals surface area contributed by atoms with E-state index in [1.165, 1.54) is 0 Å². The topological polar surface area (TPSA) is 24.5 Å². The average molecular weight is 230 g/mol. The van der Waals surface area contributed by atoms with E-state index < -0.39 is 0 Å². The molecular weight excluding hydrogens is 200 g/mol. The SMILES string of the molecule is CCN(CCNC(C)C)CCOC(C)(C)C. The summed E-state index contributed by atoms with van der Waals surface area (Å²) < 4.78 is 5.73. The molecule has 0 aromatic heterocycles. The lowest BCUT2D eigenvalue weighted by molar-refractivity contribution is -0.0125. The van der Waals surface area contributed by atoms with Crippen LogP contribution in [0.4, 0.5) is 0 Å². The maximum absolute atomic E-state index is 5.73. The fraction of sp³-hybridized carbons (Fsp3) is 1.00. The minimum absolute atomic E-state index is 0.0183. The Kier molecular flexibility index (Phi) is 7.98. The van der Waals surface area contributed by atoms with E-state index in [-0.39, 0.29) is 5.60 Å². The second kappa shape index (κ2) is 8.04.